The van der Waals surface area contributed by atoms with E-state index in [1.807, 2.05) is 12.1 Å². The number of hydrogen-bond donors (Lipinski definition) is 0. The lowest BCUT2D eigenvalue weighted by Crippen LogP contribution is -2.20. The first-order valence-corrected chi connectivity index (χ1v) is 7.95. The second kappa shape index (κ2) is 7.58. The van der Waals surface area contributed by atoms with Crippen molar-refractivity contribution in [2.24, 2.45) is 0 Å². The van der Waals surface area contributed by atoms with E-state index in [9.17, 15) is 4.79 Å². The third-order valence-electron chi connectivity index (χ3n) is 4.38. The molecule has 2 atom stereocenters. The van der Waals surface area contributed by atoms with Gasteiger partial charge in [0.2, 0.25) is 0 Å². The van der Waals surface area contributed by atoms with Crippen LogP contribution in [0.2, 0.25) is 0 Å². The largest absolute Gasteiger partial charge is 0.378 e. The summed E-state index contributed by atoms with van der Waals surface area (Å²) in [4.78, 5) is 12.2. The first kappa shape index (κ1) is 15.2. The van der Waals surface area contributed by atoms with Crippen LogP contribution in [0.15, 0.2) is 24.3 Å². The summed E-state index contributed by atoms with van der Waals surface area (Å²) >= 11 is 0. The number of carbonyl (C=O) groups excluding carboxylic acids is 1. The molecule has 1 aliphatic heterocycles. The van der Waals surface area contributed by atoms with E-state index in [-0.39, 0.29) is 5.78 Å². The standard InChI is InChI=1S/C18H26O2/c1-3-14(2)15-7-9-16(10-8-15)18(19)12-11-17-6-4-5-13-20-17/h7-10,14,17H,3-6,11-13H2,1-2H3. The summed E-state index contributed by atoms with van der Waals surface area (Å²) in [5.74, 6) is 0.810. The van der Waals surface area contributed by atoms with Crippen molar-refractivity contribution in [2.45, 2.75) is 64.4 Å². The van der Waals surface area contributed by atoms with Crippen molar-refractivity contribution >= 4 is 5.78 Å². The van der Waals surface area contributed by atoms with Gasteiger partial charge in [0.05, 0.1) is 6.10 Å². The average molecular weight is 274 g/mol. The van der Waals surface area contributed by atoms with E-state index in [4.69, 9.17) is 4.74 Å². The van der Waals surface area contributed by atoms with Crippen molar-refractivity contribution in [3.05, 3.63) is 35.4 Å². The Morgan fingerprint density at radius 2 is 2.05 bits per heavy atom. The maximum Gasteiger partial charge on any atom is 0.162 e. The lowest BCUT2D eigenvalue weighted by molar-refractivity contribution is 0.0104. The number of benzene rings is 1. The molecule has 0 spiro atoms. The monoisotopic (exact) mass is 274 g/mol. The molecule has 0 amide bonds. The minimum atomic E-state index is 0.245. The number of ketones is 1. The highest BCUT2D eigenvalue weighted by Crippen LogP contribution is 2.21. The van der Waals surface area contributed by atoms with Crippen LogP contribution in [0.3, 0.4) is 0 Å². The third-order valence-corrected chi connectivity index (χ3v) is 4.38. The van der Waals surface area contributed by atoms with Gasteiger partial charge in [0.1, 0.15) is 0 Å². The zero-order valence-electron chi connectivity index (χ0n) is 12.7. The van der Waals surface area contributed by atoms with Crippen LogP contribution in [0, 0.1) is 0 Å². The van der Waals surface area contributed by atoms with Crippen LogP contribution >= 0.6 is 0 Å². The fraction of sp³-hybridized carbons (Fsp3) is 0.611. The van der Waals surface area contributed by atoms with Gasteiger partial charge in [-0.15, -0.1) is 0 Å². The van der Waals surface area contributed by atoms with Crippen LogP contribution in [0.4, 0.5) is 0 Å². The molecule has 1 saturated heterocycles. The van der Waals surface area contributed by atoms with Crippen LogP contribution in [0.25, 0.3) is 0 Å². The molecule has 1 aromatic carbocycles. The Morgan fingerprint density at radius 3 is 2.65 bits per heavy atom. The molecule has 0 N–H and O–H groups in total. The molecule has 110 valence electrons. The number of ether oxygens (including phenoxy) is 1. The molecule has 1 fully saturated rings. The van der Waals surface area contributed by atoms with Crippen LogP contribution < -0.4 is 0 Å². The number of Topliss-reactive ketones (excluding diaryl/α,β-unsaturated/α-hetero) is 1. The molecule has 2 unspecified atom stereocenters. The fourth-order valence-electron chi connectivity index (χ4n) is 2.70. The number of hydrogen-bond acceptors (Lipinski definition) is 2. The van der Waals surface area contributed by atoms with Gasteiger partial charge in [-0.25, -0.2) is 0 Å². The fourth-order valence-corrected chi connectivity index (χ4v) is 2.70. The lowest BCUT2D eigenvalue weighted by Gasteiger charge is -2.22. The molecular formula is C18H26O2. The lowest BCUT2D eigenvalue weighted by atomic mass is 9.95. The Balaban J connectivity index is 1.85. The van der Waals surface area contributed by atoms with Gasteiger partial charge < -0.3 is 4.74 Å². The highest BCUT2D eigenvalue weighted by molar-refractivity contribution is 5.96. The first-order chi connectivity index (χ1) is 9.70. The van der Waals surface area contributed by atoms with E-state index in [1.165, 1.54) is 18.4 Å². The normalized spacial score (nSPS) is 20.6. The van der Waals surface area contributed by atoms with Gasteiger partial charge in [0.15, 0.2) is 5.78 Å². The second-order valence-electron chi connectivity index (χ2n) is 5.88. The summed E-state index contributed by atoms with van der Waals surface area (Å²) < 4.78 is 5.68. The van der Waals surface area contributed by atoms with E-state index in [2.05, 4.69) is 26.0 Å². The molecule has 0 radical (unpaired) electrons. The topological polar surface area (TPSA) is 26.3 Å². The molecule has 0 saturated carbocycles. The van der Waals surface area contributed by atoms with Crippen LogP contribution in [-0.2, 0) is 4.74 Å². The smallest absolute Gasteiger partial charge is 0.162 e. The number of rotatable bonds is 6. The maximum atomic E-state index is 12.2. The van der Waals surface area contributed by atoms with Crippen molar-refractivity contribution < 1.29 is 9.53 Å². The minimum Gasteiger partial charge on any atom is -0.378 e. The van der Waals surface area contributed by atoms with Gasteiger partial charge in [-0.1, -0.05) is 38.1 Å². The summed E-state index contributed by atoms with van der Waals surface area (Å²) in [6, 6.07) is 8.15. The minimum absolute atomic E-state index is 0.245. The highest BCUT2D eigenvalue weighted by atomic mass is 16.5. The Bertz CT molecular complexity index is 416. The SMILES string of the molecule is CCC(C)c1ccc(C(=O)CCC2CCCCO2)cc1. The molecule has 2 nitrogen and oxygen atoms in total. The zero-order chi connectivity index (χ0) is 14.4. The van der Waals surface area contributed by atoms with Crippen LogP contribution in [0.5, 0.6) is 0 Å². The quantitative estimate of drug-likeness (QED) is 0.701. The summed E-state index contributed by atoms with van der Waals surface area (Å²) in [7, 11) is 0. The van der Waals surface area contributed by atoms with E-state index >= 15 is 0 Å². The van der Waals surface area contributed by atoms with Gasteiger partial charge in [0.25, 0.3) is 0 Å². The highest BCUT2D eigenvalue weighted by Gasteiger charge is 2.16. The van der Waals surface area contributed by atoms with Crippen LogP contribution in [-0.4, -0.2) is 18.5 Å². The molecule has 2 heteroatoms. The van der Waals surface area contributed by atoms with Crippen LogP contribution in [0.1, 0.15) is 74.2 Å². The Hall–Kier alpha value is -1.15. The molecule has 0 aromatic heterocycles. The summed E-state index contributed by atoms with van der Waals surface area (Å²) in [5, 5.41) is 0. The van der Waals surface area contributed by atoms with Crippen molar-refractivity contribution in [1.82, 2.24) is 0 Å². The predicted molar refractivity (Wildman–Crippen MR) is 82.3 cm³/mol. The molecule has 1 aliphatic rings. The summed E-state index contributed by atoms with van der Waals surface area (Å²) in [6.45, 7) is 5.27. The summed E-state index contributed by atoms with van der Waals surface area (Å²) in [5.41, 5.74) is 2.16. The molecule has 2 rings (SSSR count). The van der Waals surface area contributed by atoms with Crippen molar-refractivity contribution in [2.75, 3.05) is 6.61 Å². The van der Waals surface area contributed by atoms with Gasteiger partial charge in [-0.3, -0.25) is 4.79 Å². The predicted octanol–water partition coefficient (Wildman–Crippen LogP) is 4.73. The Morgan fingerprint density at radius 1 is 1.30 bits per heavy atom. The number of carbonyl (C=O) groups is 1. The van der Waals surface area contributed by atoms with Gasteiger partial charge in [-0.2, -0.15) is 0 Å². The third kappa shape index (κ3) is 4.17. The molecule has 1 aromatic rings. The second-order valence-corrected chi connectivity index (χ2v) is 5.88. The maximum absolute atomic E-state index is 12.2. The van der Waals surface area contributed by atoms with Crippen molar-refractivity contribution in [3.63, 3.8) is 0 Å². The van der Waals surface area contributed by atoms with Gasteiger partial charge in [-0.05, 0) is 43.6 Å². The van der Waals surface area contributed by atoms with Crippen molar-refractivity contribution in [3.8, 4) is 0 Å². The van der Waals surface area contributed by atoms with Gasteiger partial charge in [0, 0.05) is 18.6 Å². The van der Waals surface area contributed by atoms with Gasteiger partial charge >= 0.3 is 0 Å². The Labute approximate surface area is 122 Å². The van der Waals surface area contributed by atoms with E-state index in [0.29, 0.717) is 18.4 Å². The van der Waals surface area contributed by atoms with E-state index < -0.39 is 0 Å². The zero-order valence-corrected chi connectivity index (χ0v) is 12.7. The summed E-state index contributed by atoms with van der Waals surface area (Å²) in [6.07, 6.45) is 6.42. The molecule has 0 bridgehead atoms. The molecule has 20 heavy (non-hydrogen) atoms. The molecule has 0 aliphatic carbocycles. The van der Waals surface area contributed by atoms with Crippen molar-refractivity contribution in [1.29, 1.82) is 0 Å². The van der Waals surface area contributed by atoms with E-state index in [1.54, 1.807) is 0 Å². The average Bonchev–Trinajstić information content (AvgIpc) is 2.53. The van der Waals surface area contributed by atoms with E-state index in [0.717, 1.165) is 31.4 Å². The first-order valence-electron chi connectivity index (χ1n) is 7.95. The molecular weight excluding hydrogens is 248 g/mol. The Kier molecular flexibility index (Phi) is 5.78. The molecule has 1 heterocycles.